The fourth-order valence-electron chi connectivity index (χ4n) is 2.46. The van der Waals surface area contributed by atoms with Gasteiger partial charge in [-0.15, -0.1) is 29.9 Å². The highest BCUT2D eigenvalue weighted by Crippen LogP contribution is 2.39. The van der Waals surface area contributed by atoms with Gasteiger partial charge in [0.15, 0.2) is 0 Å². The molecule has 0 fully saturated rings. The van der Waals surface area contributed by atoms with Crippen LogP contribution in [0.5, 0.6) is 0 Å². The standard InChI is InChI=1S/C24H21NS3/c1-2-18-26-23(25-20-12-6-3-7-13-20)19-24(27-21-14-8-4-9-15-21)28-22-16-10-5-11-17-22/h1,3-17,24H,18-19H2. The molecule has 0 radical (unpaired) electrons. The van der Waals surface area contributed by atoms with Crippen LogP contribution >= 0.6 is 35.3 Å². The second-order valence-corrected chi connectivity index (χ2v) is 9.73. The molecule has 0 N–H and O–H groups in total. The molecule has 3 rings (SSSR count). The van der Waals surface area contributed by atoms with Crippen LogP contribution in [0.15, 0.2) is 106 Å². The van der Waals surface area contributed by atoms with Gasteiger partial charge in [0.2, 0.25) is 0 Å². The van der Waals surface area contributed by atoms with Crippen LogP contribution < -0.4 is 0 Å². The zero-order valence-corrected chi connectivity index (χ0v) is 17.9. The molecule has 28 heavy (non-hydrogen) atoms. The minimum Gasteiger partial charge on any atom is -0.247 e. The number of aliphatic imine (C=N–C) groups is 1. The van der Waals surface area contributed by atoms with E-state index in [2.05, 4.69) is 66.6 Å². The molecule has 3 aromatic rings. The lowest BCUT2D eigenvalue weighted by Crippen LogP contribution is -2.05. The molecule has 0 aliphatic heterocycles. The van der Waals surface area contributed by atoms with Gasteiger partial charge in [-0.1, -0.05) is 72.3 Å². The first-order valence-corrected chi connectivity index (χ1v) is 11.7. The quantitative estimate of drug-likeness (QED) is 0.124. The molecule has 0 aromatic heterocycles. The van der Waals surface area contributed by atoms with Crippen LogP contribution in [0.1, 0.15) is 6.42 Å². The van der Waals surface area contributed by atoms with E-state index in [1.807, 2.05) is 53.9 Å². The van der Waals surface area contributed by atoms with E-state index in [1.165, 1.54) is 9.79 Å². The van der Waals surface area contributed by atoms with E-state index in [9.17, 15) is 0 Å². The van der Waals surface area contributed by atoms with Crippen LogP contribution in [0.3, 0.4) is 0 Å². The number of terminal acetylenes is 1. The summed E-state index contributed by atoms with van der Waals surface area (Å²) in [4.78, 5) is 7.40. The molecule has 0 aliphatic carbocycles. The molecule has 0 unspecified atom stereocenters. The average Bonchev–Trinajstić information content (AvgIpc) is 2.74. The molecule has 0 atom stereocenters. The Bertz CT molecular complexity index is 861. The molecule has 0 saturated heterocycles. The SMILES string of the molecule is C#CCSC(CC(Sc1ccccc1)Sc1ccccc1)=Nc1ccccc1. The Balaban J connectivity index is 1.81. The van der Waals surface area contributed by atoms with Gasteiger partial charge in [0, 0.05) is 16.2 Å². The summed E-state index contributed by atoms with van der Waals surface area (Å²) in [5.41, 5.74) is 0.968. The summed E-state index contributed by atoms with van der Waals surface area (Å²) in [6, 6.07) is 31.1. The number of rotatable bonds is 8. The summed E-state index contributed by atoms with van der Waals surface area (Å²) in [5, 5.41) is 1.07. The Kier molecular flexibility index (Phi) is 8.64. The van der Waals surface area contributed by atoms with Crippen LogP contribution in [0, 0.1) is 12.3 Å². The molecule has 3 aromatic carbocycles. The molecular weight excluding hydrogens is 398 g/mol. The van der Waals surface area contributed by atoms with E-state index in [-0.39, 0.29) is 0 Å². The number of thioether (sulfide) groups is 3. The lowest BCUT2D eigenvalue weighted by molar-refractivity contribution is 1.23. The van der Waals surface area contributed by atoms with Crippen LogP contribution in [-0.4, -0.2) is 15.4 Å². The van der Waals surface area contributed by atoms with Crippen molar-refractivity contribution >= 4 is 46.0 Å². The third-order valence-electron chi connectivity index (χ3n) is 3.69. The lowest BCUT2D eigenvalue weighted by atomic mass is 10.3. The van der Waals surface area contributed by atoms with Crippen molar-refractivity contribution in [3.63, 3.8) is 0 Å². The fraction of sp³-hybridized carbons (Fsp3) is 0.125. The Morgan fingerprint density at radius 3 is 1.79 bits per heavy atom. The van der Waals surface area contributed by atoms with E-state index >= 15 is 0 Å². The van der Waals surface area contributed by atoms with Crippen molar-refractivity contribution in [3.8, 4) is 12.3 Å². The van der Waals surface area contributed by atoms with Gasteiger partial charge in [0.05, 0.1) is 21.1 Å². The van der Waals surface area contributed by atoms with E-state index in [0.717, 1.165) is 17.2 Å². The first kappa shape index (κ1) is 20.7. The highest BCUT2D eigenvalue weighted by molar-refractivity contribution is 8.17. The first-order valence-electron chi connectivity index (χ1n) is 8.96. The maximum Gasteiger partial charge on any atom is 0.0767 e. The largest absolute Gasteiger partial charge is 0.247 e. The third-order valence-corrected chi connectivity index (χ3v) is 7.12. The Labute approximate surface area is 180 Å². The molecule has 140 valence electrons. The monoisotopic (exact) mass is 419 g/mol. The number of hydrogen-bond donors (Lipinski definition) is 0. The van der Waals surface area contributed by atoms with Crippen molar-refractivity contribution in [1.82, 2.24) is 0 Å². The van der Waals surface area contributed by atoms with Crippen molar-refractivity contribution in [2.75, 3.05) is 5.75 Å². The van der Waals surface area contributed by atoms with Crippen molar-refractivity contribution in [2.24, 2.45) is 4.99 Å². The summed E-state index contributed by atoms with van der Waals surface area (Å²) >= 11 is 5.40. The summed E-state index contributed by atoms with van der Waals surface area (Å²) in [5.74, 6) is 3.35. The maximum atomic E-state index is 5.51. The number of hydrogen-bond acceptors (Lipinski definition) is 4. The van der Waals surface area contributed by atoms with Crippen molar-refractivity contribution in [2.45, 2.75) is 20.8 Å². The van der Waals surface area contributed by atoms with Gasteiger partial charge in [-0.25, -0.2) is 4.99 Å². The molecule has 0 saturated carbocycles. The molecule has 0 heterocycles. The Morgan fingerprint density at radius 1 is 0.786 bits per heavy atom. The maximum absolute atomic E-state index is 5.51. The summed E-state index contributed by atoms with van der Waals surface area (Å²) in [6.07, 6.45) is 6.36. The van der Waals surface area contributed by atoms with Gasteiger partial charge in [-0.05, 0) is 36.4 Å². The van der Waals surface area contributed by atoms with Crippen molar-refractivity contribution in [1.29, 1.82) is 0 Å². The second kappa shape index (κ2) is 11.7. The Hall–Kier alpha value is -2.06. The van der Waals surface area contributed by atoms with Crippen molar-refractivity contribution < 1.29 is 0 Å². The second-order valence-electron chi connectivity index (χ2n) is 5.83. The van der Waals surface area contributed by atoms with Gasteiger partial charge in [0.25, 0.3) is 0 Å². The molecule has 0 spiro atoms. The first-order chi connectivity index (χ1) is 13.8. The molecule has 4 heteroatoms. The van der Waals surface area contributed by atoms with Crippen LogP contribution in [-0.2, 0) is 0 Å². The number of para-hydroxylation sites is 1. The Morgan fingerprint density at radius 2 is 1.29 bits per heavy atom. The van der Waals surface area contributed by atoms with E-state index in [0.29, 0.717) is 10.3 Å². The van der Waals surface area contributed by atoms with Gasteiger partial charge < -0.3 is 0 Å². The molecule has 0 amide bonds. The summed E-state index contributed by atoms with van der Waals surface area (Å²) in [6.45, 7) is 0. The number of nitrogens with zero attached hydrogens (tertiary/aromatic N) is 1. The normalized spacial score (nSPS) is 11.4. The third kappa shape index (κ3) is 7.16. The van der Waals surface area contributed by atoms with Gasteiger partial charge in [0.1, 0.15) is 0 Å². The predicted molar refractivity (Wildman–Crippen MR) is 128 cm³/mol. The molecule has 0 aliphatic rings. The smallest absolute Gasteiger partial charge is 0.0767 e. The zero-order valence-electron chi connectivity index (χ0n) is 15.4. The summed E-state index contributed by atoms with van der Waals surface area (Å²) in [7, 11) is 0. The van der Waals surface area contributed by atoms with Crippen LogP contribution in [0.2, 0.25) is 0 Å². The van der Waals surface area contributed by atoms with E-state index < -0.39 is 0 Å². The molecular formula is C24H21NS3. The molecule has 0 bridgehead atoms. The van der Waals surface area contributed by atoms with E-state index in [1.54, 1.807) is 11.8 Å². The topological polar surface area (TPSA) is 12.4 Å². The zero-order chi connectivity index (χ0) is 19.4. The minimum absolute atomic E-state index is 0.303. The minimum atomic E-state index is 0.303. The number of benzene rings is 3. The summed E-state index contributed by atoms with van der Waals surface area (Å²) < 4.78 is 0.303. The van der Waals surface area contributed by atoms with Crippen LogP contribution in [0.4, 0.5) is 5.69 Å². The van der Waals surface area contributed by atoms with Crippen molar-refractivity contribution in [3.05, 3.63) is 91.0 Å². The molecule has 1 nitrogen and oxygen atoms in total. The van der Waals surface area contributed by atoms with Gasteiger partial charge >= 0.3 is 0 Å². The highest BCUT2D eigenvalue weighted by Gasteiger charge is 2.16. The fourth-order valence-corrected chi connectivity index (χ4v) is 5.95. The van der Waals surface area contributed by atoms with E-state index in [4.69, 9.17) is 11.4 Å². The van der Waals surface area contributed by atoms with Gasteiger partial charge in [-0.3, -0.25) is 0 Å². The average molecular weight is 420 g/mol. The van der Waals surface area contributed by atoms with Gasteiger partial charge in [-0.2, -0.15) is 0 Å². The van der Waals surface area contributed by atoms with Crippen LogP contribution in [0.25, 0.3) is 0 Å². The predicted octanol–water partition coefficient (Wildman–Crippen LogP) is 7.38. The highest BCUT2D eigenvalue weighted by atomic mass is 32.2. The lowest BCUT2D eigenvalue weighted by Gasteiger charge is -2.17.